The average molecular weight is 376 g/mol. The van der Waals surface area contributed by atoms with E-state index in [0.717, 1.165) is 11.1 Å². The summed E-state index contributed by atoms with van der Waals surface area (Å²) < 4.78 is 5.15. The van der Waals surface area contributed by atoms with E-state index in [9.17, 15) is 9.59 Å². The molecule has 0 radical (unpaired) electrons. The zero-order valence-corrected chi connectivity index (χ0v) is 15.8. The van der Waals surface area contributed by atoms with Gasteiger partial charge in [-0.2, -0.15) is 9.97 Å². The van der Waals surface area contributed by atoms with Crippen LogP contribution in [0.3, 0.4) is 0 Å². The Bertz CT molecular complexity index is 1020. The molecular formula is C21H20N4O3. The molecule has 0 atom stereocenters. The van der Waals surface area contributed by atoms with Crippen molar-refractivity contribution in [2.75, 3.05) is 17.7 Å². The predicted molar refractivity (Wildman–Crippen MR) is 107 cm³/mol. The van der Waals surface area contributed by atoms with Crippen molar-refractivity contribution >= 4 is 23.6 Å². The normalized spacial score (nSPS) is 10.2. The molecule has 0 aliphatic heterocycles. The number of aryl methyl sites for hydroxylation is 2. The number of nitrogens with one attached hydrogen (secondary N) is 2. The summed E-state index contributed by atoms with van der Waals surface area (Å²) in [5, 5.41) is 5.32. The number of nitrogens with zero attached hydrogens (tertiary/aromatic N) is 2. The van der Waals surface area contributed by atoms with Gasteiger partial charge in [-0.3, -0.25) is 14.9 Å². The number of methoxy groups -OCH3 is 1. The van der Waals surface area contributed by atoms with E-state index < -0.39 is 0 Å². The van der Waals surface area contributed by atoms with Gasteiger partial charge in [0.25, 0.3) is 11.8 Å². The number of carbonyl (C=O) groups is 2. The molecule has 0 saturated heterocycles. The van der Waals surface area contributed by atoms with Crippen molar-refractivity contribution in [2.24, 2.45) is 0 Å². The van der Waals surface area contributed by atoms with Gasteiger partial charge in [0, 0.05) is 17.2 Å². The molecule has 0 saturated carbocycles. The highest BCUT2D eigenvalue weighted by molar-refractivity contribution is 6.05. The number of anilines is 2. The number of benzene rings is 2. The molecule has 0 spiro atoms. The highest BCUT2D eigenvalue weighted by atomic mass is 16.5. The molecule has 0 unspecified atom stereocenters. The van der Waals surface area contributed by atoms with Crippen molar-refractivity contribution in [3.05, 3.63) is 76.9 Å². The summed E-state index contributed by atoms with van der Waals surface area (Å²) in [6, 6.07) is 15.8. The fourth-order valence-electron chi connectivity index (χ4n) is 2.50. The van der Waals surface area contributed by atoms with Gasteiger partial charge in [-0.05, 0) is 38.1 Å². The van der Waals surface area contributed by atoms with Crippen LogP contribution in [0.15, 0.2) is 54.6 Å². The molecule has 0 aliphatic carbocycles. The van der Waals surface area contributed by atoms with Crippen molar-refractivity contribution in [3.63, 3.8) is 0 Å². The Hall–Kier alpha value is -3.74. The monoisotopic (exact) mass is 376 g/mol. The molecule has 3 aromatic rings. The summed E-state index contributed by atoms with van der Waals surface area (Å²) in [7, 11) is 1.44. The summed E-state index contributed by atoms with van der Waals surface area (Å²) in [4.78, 5) is 33.2. The maximum atomic E-state index is 12.4. The van der Waals surface area contributed by atoms with Crippen LogP contribution < -0.4 is 15.4 Å². The molecule has 7 nitrogen and oxygen atoms in total. The third-order valence-corrected chi connectivity index (χ3v) is 3.97. The highest BCUT2D eigenvalue weighted by Crippen LogP contribution is 2.18. The van der Waals surface area contributed by atoms with Crippen molar-refractivity contribution in [1.29, 1.82) is 0 Å². The van der Waals surface area contributed by atoms with Gasteiger partial charge >= 0.3 is 0 Å². The summed E-state index contributed by atoms with van der Waals surface area (Å²) >= 11 is 0. The molecule has 7 heteroatoms. The third-order valence-electron chi connectivity index (χ3n) is 3.97. The minimum Gasteiger partial charge on any atom is -0.481 e. The first-order valence-corrected chi connectivity index (χ1v) is 8.64. The van der Waals surface area contributed by atoms with E-state index in [1.807, 2.05) is 32.0 Å². The second-order valence-corrected chi connectivity index (χ2v) is 6.26. The van der Waals surface area contributed by atoms with Crippen LogP contribution in [-0.4, -0.2) is 28.9 Å². The Morgan fingerprint density at radius 1 is 0.821 bits per heavy atom. The number of amides is 2. The lowest BCUT2D eigenvalue weighted by Crippen LogP contribution is -2.17. The van der Waals surface area contributed by atoms with E-state index in [1.54, 1.807) is 30.3 Å². The smallest absolute Gasteiger partial charge is 0.258 e. The summed E-state index contributed by atoms with van der Waals surface area (Å²) in [5.41, 5.74) is 3.00. The van der Waals surface area contributed by atoms with Crippen LogP contribution in [0.4, 0.5) is 11.8 Å². The quantitative estimate of drug-likeness (QED) is 0.710. The lowest BCUT2D eigenvalue weighted by Gasteiger charge is -2.10. The maximum Gasteiger partial charge on any atom is 0.258 e. The number of carbonyl (C=O) groups excluding carboxylic acids is 2. The van der Waals surface area contributed by atoms with Gasteiger partial charge in [-0.1, -0.05) is 35.4 Å². The number of ether oxygens (including phenoxy) is 1. The maximum absolute atomic E-state index is 12.4. The molecule has 2 amide bonds. The lowest BCUT2D eigenvalue weighted by atomic mass is 10.1. The molecule has 3 rings (SSSR count). The van der Waals surface area contributed by atoms with E-state index >= 15 is 0 Å². The van der Waals surface area contributed by atoms with Gasteiger partial charge in [0.1, 0.15) is 5.82 Å². The summed E-state index contributed by atoms with van der Waals surface area (Å²) in [5.74, 6) is -0.208. The topological polar surface area (TPSA) is 93.2 Å². The third kappa shape index (κ3) is 4.70. The van der Waals surface area contributed by atoms with Crippen molar-refractivity contribution in [1.82, 2.24) is 9.97 Å². The molecule has 2 aromatic carbocycles. The predicted octanol–water partition coefficient (Wildman–Crippen LogP) is 3.61. The van der Waals surface area contributed by atoms with E-state index in [2.05, 4.69) is 20.6 Å². The molecular weight excluding hydrogens is 356 g/mol. The minimum atomic E-state index is -0.354. The van der Waals surface area contributed by atoms with E-state index in [-0.39, 0.29) is 29.5 Å². The van der Waals surface area contributed by atoms with Crippen LogP contribution in [0.2, 0.25) is 0 Å². The molecule has 2 N–H and O–H groups in total. The number of aromatic nitrogens is 2. The zero-order chi connectivity index (χ0) is 20.1. The van der Waals surface area contributed by atoms with Gasteiger partial charge in [-0.15, -0.1) is 0 Å². The van der Waals surface area contributed by atoms with Crippen LogP contribution in [0, 0.1) is 13.8 Å². The van der Waals surface area contributed by atoms with Crippen molar-refractivity contribution < 1.29 is 14.3 Å². The van der Waals surface area contributed by atoms with Gasteiger partial charge in [0.05, 0.1) is 7.11 Å². The zero-order valence-electron chi connectivity index (χ0n) is 15.8. The van der Waals surface area contributed by atoms with Crippen LogP contribution >= 0.6 is 0 Å². The Balaban J connectivity index is 1.80. The fourth-order valence-corrected chi connectivity index (χ4v) is 2.50. The Morgan fingerprint density at radius 2 is 1.54 bits per heavy atom. The largest absolute Gasteiger partial charge is 0.481 e. The van der Waals surface area contributed by atoms with E-state index in [4.69, 9.17) is 4.74 Å². The molecule has 0 fully saturated rings. The average Bonchev–Trinajstić information content (AvgIpc) is 2.68. The van der Waals surface area contributed by atoms with Gasteiger partial charge < -0.3 is 10.1 Å². The van der Waals surface area contributed by atoms with Crippen LogP contribution in [0.5, 0.6) is 5.88 Å². The lowest BCUT2D eigenvalue weighted by molar-refractivity contribution is 0.101. The standard InChI is InChI=1S/C21H20N4O3/c1-13-7-9-15(10-8-13)19(26)22-17-12-18(28-3)24-21(23-17)25-20(27)16-6-4-5-14(2)11-16/h4-12H,1-3H3,(H2,22,23,24,25,26,27). The number of rotatable bonds is 5. The highest BCUT2D eigenvalue weighted by Gasteiger charge is 2.13. The molecule has 28 heavy (non-hydrogen) atoms. The Kier molecular flexibility index (Phi) is 5.64. The van der Waals surface area contributed by atoms with Crippen molar-refractivity contribution in [2.45, 2.75) is 13.8 Å². The molecule has 142 valence electrons. The minimum absolute atomic E-state index is 0.0325. The first-order valence-electron chi connectivity index (χ1n) is 8.64. The SMILES string of the molecule is COc1cc(NC(=O)c2ccc(C)cc2)nc(NC(=O)c2cccc(C)c2)n1. The van der Waals surface area contributed by atoms with Gasteiger partial charge in [-0.25, -0.2) is 0 Å². The summed E-state index contributed by atoms with van der Waals surface area (Å²) in [6.45, 7) is 3.84. The summed E-state index contributed by atoms with van der Waals surface area (Å²) in [6.07, 6.45) is 0. The van der Waals surface area contributed by atoms with Crippen molar-refractivity contribution in [3.8, 4) is 5.88 Å². The Labute approximate surface area is 162 Å². The molecule has 0 aliphatic rings. The fraction of sp³-hybridized carbons (Fsp3) is 0.143. The Morgan fingerprint density at radius 3 is 2.21 bits per heavy atom. The van der Waals surface area contributed by atoms with Crippen LogP contribution in [0.25, 0.3) is 0 Å². The number of hydrogen-bond donors (Lipinski definition) is 2. The van der Waals surface area contributed by atoms with E-state index in [0.29, 0.717) is 11.1 Å². The van der Waals surface area contributed by atoms with Gasteiger partial charge in [0.2, 0.25) is 11.8 Å². The molecule has 1 heterocycles. The first-order chi connectivity index (χ1) is 13.4. The molecule has 1 aromatic heterocycles. The van der Waals surface area contributed by atoms with Gasteiger partial charge in [0.15, 0.2) is 0 Å². The second-order valence-electron chi connectivity index (χ2n) is 6.26. The first kappa shape index (κ1) is 19.0. The number of hydrogen-bond acceptors (Lipinski definition) is 5. The van der Waals surface area contributed by atoms with Crippen LogP contribution in [0.1, 0.15) is 31.8 Å². The second kappa shape index (κ2) is 8.30. The van der Waals surface area contributed by atoms with E-state index in [1.165, 1.54) is 13.2 Å². The van der Waals surface area contributed by atoms with Crippen LogP contribution in [-0.2, 0) is 0 Å². The molecule has 0 bridgehead atoms.